The molecule has 12 nitrogen and oxygen atoms in total. The van der Waals surface area contributed by atoms with Crippen LogP contribution in [-0.4, -0.2) is 59.3 Å². The number of hydrogen-bond donors (Lipinski definition) is 6. The van der Waals surface area contributed by atoms with E-state index in [9.17, 15) is 24.4 Å². The Hall–Kier alpha value is -1.44. The molecule has 0 radical (unpaired) electrons. The van der Waals surface area contributed by atoms with Crippen LogP contribution in [0.4, 0.5) is 4.39 Å². The first kappa shape index (κ1) is 14.9. The third-order valence-corrected chi connectivity index (χ3v) is 3.24. The van der Waals surface area contributed by atoms with Crippen molar-refractivity contribution in [1.82, 2.24) is 9.55 Å². The largest absolute Gasteiger partial charge is 0.469 e. The highest BCUT2D eigenvalue weighted by atomic mass is 31.2. The molecule has 0 amide bonds. The van der Waals surface area contributed by atoms with Gasteiger partial charge in [0, 0.05) is 6.20 Å². The molecule has 1 aliphatic heterocycles. The second-order valence-electron chi connectivity index (χ2n) is 4.60. The van der Waals surface area contributed by atoms with E-state index in [-0.39, 0.29) is 4.57 Å². The summed E-state index contributed by atoms with van der Waals surface area (Å²) >= 11 is 0. The van der Waals surface area contributed by atoms with Crippen LogP contribution < -0.4 is 11.2 Å². The first-order valence-electron chi connectivity index (χ1n) is 7.57. The Kier molecular flexibility index (Phi) is 4.00. The second-order valence-corrected chi connectivity index (χ2v) is 5.76. The summed E-state index contributed by atoms with van der Waals surface area (Å²) in [5.41, 5.74) is -3.07. The van der Waals surface area contributed by atoms with Crippen molar-refractivity contribution in [2.45, 2.75) is 30.9 Å². The van der Waals surface area contributed by atoms with Gasteiger partial charge in [-0.05, 0) is 0 Å². The Morgan fingerprint density at radius 1 is 1.54 bits per heavy atom. The number of halogens is 1. The summed E-state index contributed by atoms with van der Waals surface area (Å²) in [5, 5.41) is 28.9. The number of hydrogen-bond acceptors (Lipinski definition) is 8. The van der Waals surface area contributed by atoms with E-state index in [0.717, 1.165) is 0 Å². The first-order valence-corrected chi connectivity index (χ1v) is 7.60. The number of phosphoric acid groups is 1. The van der Waals surface area contributed by atoms with Gasteiger partial charge in [-0.2, -0.15) is 0 Å². The predicted molar refractivity (Wildman–Crippen MR) is 71.2 cm³/mol. The van der Waals surface area contributed by atoms with E-state index in [1.165, 1.54) is 0 Å². The molecule has 0 aliphatic carbocycles. The summed E-state index contributed by atoms with van der Waals surface area (Å²) in [7, 11) is -5.67. The standard InChI is InChI=1S/C10H14FN2O10P/c11-10(3-22-24(19,20)21)6(16)5(15)8(23-10)13-1-4(2-14)7(17)12-9(13)18/h1,5-6,8,14-16H,2-3H2,(H,12,17,18)(H2,19,20,21)/t5-,6+,8-,10-/m1/s1/i3D2,8D. The van der Waals surface area contributed by atoms with Gasteiger partial charge in [-0.25, -0.2) is 13.8 Å². The minimum absolute atomic E-state index is 0.0444. The Morgan fingerprint density at radius 2 is 2.17 bits per heavy atom. The monoisotopic (exact) mass is 375 g/mol. The van der Waals surface area contributed by atoms with E-state index in [1.54, 1.807) is 4.98 Å². The summed E-state index contributed by atoms with van der Waals surface area (Å²) in [6, 6.07) is 0. The van der Waals surface area contributed by atoms with Gasteiger partial charge in [0.25, 0.3) is 11.4 Å². The van der Waals surface area contributed by atoms with Crippen molar-refractivity contribution in [3.63, 3.8) is 0 Å². The lowest BCUT2D eigenvalue weighted by Crippen LogP contribution is -2.43. The zero-order chi connectivity index (χ0) is 21.0. The van der Waals surface area contributed by atoms with Crippen LogP contribution in [0.15, 0.2) is 15.8 Å². The molecule has 136 valence electrons. The second kappa shape index (κ2) is 6.46. The molecule has 0 bridgehead atoms. The topological polar surface area (TPSA) is 192 Å². The highest BCUT2D eigenvalue weighted by molar-refractivity contribution is 7.46. The number of aromatic nitrogens is 2. The molecule has 0 aromatic carbocycles. The van der Waals surface area contributed by atoms with Crippen LogP contribution in [0.2, 0.25) is 0 Å². The van der Waals surface area contributed by atoms with E-state index < -0.39 is 62.1 Å². The van der Waals surface area contributed by atoms with Crippen LogP contribution in [0.3, 0.4) is 0 Å². The molecule has 1 fully saturated rings. The molecule has 14 heteroatoms. The Labute approximate surface area is 136 Å². The fraction of sp³-hybridized carbons (Fsp3) is 0.600. The van der Waals surface area contributed by atoms with Crippen molar-refractivity contribution < 1.29 is 47.4 Å². The quantitative estimate of drug-likeness (QED) is 0.290. The molecule has 0 unspecified atom stereocenters. The maximum Gasteiger partial charge on any atom is 0.469 e. The molecule has 1 aromatic rings. The van der Waals surface area contributed by atoms with Gasteiger partial charge in [0.1, 0.15) is 18.8 Å². The van der Waals surface area contributed by atoms with E-state index in [1.807, 2.05) is 0 Å². The third kappa shape index (κ3) is 3.63. The Morgan fingerprint density at radius 3 is 2.71 bits per heavy atom. The number of aromatic amines is 1. The Bertz CT molecular complexity index is 904. The van der Waals surface area contributed by atoms with Crippen LogP contribution >= 0.6 is 7.82 Å². The van der Waals surface area contributed by atoms with Crippen LogP contribution in [-0.2, 0) is 20.4 Å². The van der Waals surface area contributed by atoms with Crippen molar-refractivity contribution in [1.29, 1.82) is 0 Å². The molecule has 0 saturated carbocycles. The van der Waals surface area contributed by atoms with E-state index in [0.29, 0.717) is 6.20 Å². The van der Waals surface area contributed by atoms with E-state index >= 15 is 4.39 Å². The van der Waals surface area contributed by atoms with Gasteiger partial charge in [0.05, 0.1) is 16.3 Å². The van der Waals surface area contributed by atoms with Crippen molar-refractivity contribution in [3.8, 4) is 0 Å². The van der Waals surface area contributed by atoms with Crippen LogP contribution in [0.1, 0.15) is 15.9 Å². The van der Waals surface area contributed by atoms with Gasteiger partial charge in [0.2, 0.25) is 0 Å². The molecule has 1 aromatic heterocycles. The summed E-state index contributed by atoms with van der Waals surface area (Å²) in [5.74, 6) is -4.23. The highest BCUT2D eigenvalue weighted by Crippen LogP contribution is 2.43. The molecule has 24 heavy (non-hydrogen) atoms. The number of rotatable bonds is 5. The van der Waals surface area contributed by atoms with Gasteiger partial charge in [-0.3, -0.25) is 18.9 Å². The molecule has 0 spiro atoms. The van der Waals surface area contributed by atoms with E-state index in [2.05, 4.69) is 9.26 Å². The van der Waals surface area contributed by atoms with Gasteiger partial charge < -0.3 is 29.8 Å². The lowest BCUT2D eigenvalue weighted by Gasteiger charge is -2.22. The van der Waals surface area contributed by atoms with Crippen LogP contribution in [0, 0.1) is 0 Å². The molecule has 2 heterocycles. The number of aliphatic hydroxyl groups excluding tert-OH is 3. The maximum absolute atomic E-state index is 15.0. The third-order valence-electron chi connectivity index (χ3n) is 2.91. The van der Waals surface area contributed by atoms with Crippen molar-refractivity contribution >= 4 is 7.82 Å². The predicted octanol–water partition coefficient (Wildman–Crippen LogP) is -2.95. The van der Waals surface area contributed by atoms with Crippen molar-refractivity contribution in [2.24, 2.45) is 0 Å². The van der Waals surface area contributed by atoms with Gasteiger partial charge in [0.15, 0.2) is 6.20 Å². The summed E-state index contributed by atoms with van der Waals surface area (Å²) < 4.78 is 56.5. The summed E-state index contributed by atoms with van der Waals surface area (Å²) in [6.45, 7) is -5.05. The average molecular weight is 375 g/mol. The fourth-order valence-corrected chi connectivity index (χ4v) is 2.04. The SMILES string of the molecule is [2H]C([2H])(OP(=O)(O)O)[C@@]1(F)O[C@@]([2H])(n2cc(CO)c(=O)[nH]c2=O)[C@H](O)[C@@H]1O. The zero-order valence-corrected chi connectivity index (χ0v) is 12.4. The van der Waals surface area contributed by atoms with Gasteiger partial charge >= 0.3 is 13.5 Å². The zero-order valence-electron chi connectivity index (χ0n) is 14.5. The summed E-state index contributed by atoms with van der Waals surface area (Å²) in [4.78, 5) is 42.3. The normalized spacial score (nSPS) is 36.2. The highest BCUT2D eigenvalue weighted by Gasteiger charge is 2.57. The lowest BCUT2D eigenvalue weighted by molar-refractivity contribution is -0.205. The molecule has 1 saturated heterocycles. The van der Waals surface area contributed by atoms with Gasteiger partial charge in [-0.15, -0.1) is 0 Å². The first-order chi connectivity index (χ1) is 12.1. The van der Waals surface area contributed by atoms with Crippen molar-refractivity contribution in [3.05, 3.63) is 32.6 Å². The molecule has 6 N–H and O–H groups in total. The smallest absolute Gasteiger partial charge is 0.391 e. The van der Waals surface area contributed by atoms with E-state index in [4.69, 9.17) is 19.0 Å². The number of ether oxygens (including phenoxy) is 1. The minimum atomic E-state index is -5.67. The number of nitrogens with one attached hydrogen (secondary N) is 1. The number of nitrogens with zero attached hydrogens (tertiary/aromatic N) is 1. The lowest BCUT2D eigenvalue weighted by atomic mass is 10.1. The molecular formula is C10H14FN2O10P. The number of aliphatic hydroxyl groups is 3. The average Bonchev–Trinajstić information content (AvgIpc) is 2.68. The number of phosphoric ester groups is 1. The maximum atomic E-state index is 15.0. The van der Waals surface area contributed by atoms with Crippen molar-refractivity contribution in [2.75, 3.05) is 6.56 Å². The molecular weight excluding hydrogens is 358 g/mol. The molecule has 1 aliphatic rings. The molecule has 2 rings (SSSR count). The fourth-order valence-electron chi connectivity index (χ4n) is 1.79. The number of H-pyrrole nitrogens is 1. The van der Waals surface area contributed by atoms with Crippen LogP contribution in [0.5, 0.6) is 0 Å². The van der Waals surface area contributed by atoms with Crippen LogP contribution in [0.25, 0.3) is 0 Å². The Balaban J connectivity index is 2.60. The van der Waals surface area contributed by atoms with Gasteiger partial charge in [-0.1, -0.05) is 0 Å². The molecule has 4 atom stereocenters. The minimum Gasteiger partial charge on any atom is -0.391 e. The number of alkyl halides is 1. The summed E-state index contributed by atoms with van der Waals surface area (Å²) in [6.07, 6.45) is -8.48.